The first-order valence-corrected chi connectivity index (χ1v) is 7.70. The number of rotatable bonds is 10. The van der Waals surface area contributed by atoms with E-state index in [0.717, 1.165) is 26.0 Å². The number of ether oxygens (including phenoxy) is 3. The van der Waals surface area contributed by atoms with Gasteiger partial charge in [0, 0.05) is 37.8 Å². The minimum Gasteiger partial charge on any atom is -0.378 e. The lowest BCUT2D eigenvalue weighted by Gasteiger charge is -2.54. The molecule has 0 spiro atoms. The van der Waals surface area contributed by atoms with E-state index in [1.807, 2.05) is 13.8 Å². The smallest absolute Gasteiger partial charge is 0.169 e. The molecule has 0 aromatic rings. The van der Waals surface area contributed by atoms with Crippen molar-refractivity contribution >= 4 is 0 Å². The van der Waals surface area contributed by atoms with Gasteiger partial charge in [-0.2, -0.15) is 0 Å². The van der Waals surface area contributed by atoms with Crippen LogP contribution in [0, 0.1) is 5.41 Å². The van der Waals surface area contributed by atoms with Gasteiger partial charge < -0.3 is 19.5 Å². The van der Waals surface area contributed by atoms with E-state index < -0.39 is 0 Å². The monoisotopic (exact) mass is 273 g/mol. The molecule has 1 saturated carbocycles. The van der Waals surface area contributed by atoms with Crippen LogP contribution in [0.1, 0.15) is 47.5 Å². The average Bonchev–Trinajstić information content (AvgIpc) is 2.41. The molecule has 3 atom stereocenters. The fourth-order valence-corrected chi connectivity index (χ4v) is 2.84. The van der Waals surface area contributed by atoms with Gasteiger partial charge in [-0.25, -0.2) is 0 Å². The Hall–Kier alpha value is -0.160. The second-order valence-electron chi connectivity index (χ2n) is 5.34. The maximum atomic E-state index is 5.81. The van der Waals surface area contributed by atoms with Crippen molar-refractivity contribution in [1.29, 1.82) is 0 Å². The lowest BCUT2D eigenvalue weighted by molar-refractivity contribution is -0.153. The molecule has 0 heterocycles. The Labute approximate surface area is 118 Å². The SMILES string of the molecule is CCOC(CNC1CC(OCC)C1(C)CC)OCC. The molecule has 3 unspecified atom stereocenters. The number of hydrogen-bond acceptors (Lipinski definition) is 4. The predicted octanol–water partition coefficient (Wildman–Crippen LogP) is 2.57. The van der Waals surface area contributed by atoms with Crippen LogP contribution in [0.25, 0.3) is 0 Å². The van der Waals surface area contributed by atoms with Crippen molar-refractivity contribution in [3.8, 4) is 0 Å². The Morgan fingerprint density at radius 3 is 2.21 bits per heavy atom. The van der Waals surface area contributed by atoms with Gasteiger partial charge in [-0.05, 0) is 33.6 Å². The maximum absolute atomic E-state index is 5.81. The summed E-state index contributed by atoms with van der Waals surface area (Å²) in [7, 11) is 0. The van der Waals surface area contributed by atoms with Crippen LogP contribution < -0.4 is 5.32 Å². The standard InChI is InChI=1S/C15H31NO3/c1-6-15(5)12(10-13(15)17-7-2)16-11-14(18-8-3)19-9-4/h12-14,16H,6-11H2,1-5H3. The fourth-order valence-electron chi connectivity index (χ4n) is 2.84. The van der Waals surface area contributed by atoms with Gasteiger partial charge in [0.05, 0.1) is 6.10 Å². The van der Waals surface area contributed by atoms with E-state index in [0.29, 0.717) is 25.4 Å². The van der Waals surface area contributed by atoms with Gasteiger partial charge in [0.2, 0.25) is 0 Å². The number of nitrogens with one attached hydrogen (secondary N) is 1. The molecule has 0 bridgehead atoms. The van der Waals surface area contributed by atoms with Crippen LogP contribution in [-0.2, 0) is 14.2 Å². The molecule has 0 saturated heterocycles. The topological polar surface area (TPSA) is 39.7 Å². The molecule has 0 aliphatic heterocycles. The van der Waals surface area contributed by atoms with Crippen LogP contribution in [0.15, 0.2) is 0 Å². The molecule has 1 fully saturated rings. The van der Waals surface area contributed by atoms with Crippen molar-refractivity contribution in [2.75, 3.05) is 26.4 Å². The minimum atomic E-state index is -0.137. The van der Waals surface area contributed by atoms with Crippen molar-refractivity contribution in [3.63, 3.8) is 0 Å². The summed E-state index contributed by atoms with van der Waals surface area (Å²) in [6, 6.07) is 0.498. The van der Waals surface area contributed by atoms with Gasteiger partial charge in [0.15, 0.2) is 6.29 Å². The molecule has 4 heteroatoms. The summed E-state index contributed by atoms with van der Waals surface area (Å²) in [4.78, 5) is 0. The normalized spacial score (nSPS) is 30.6. The van der Waals surface area contributed by atoms with Gasteiger partial charge in [-0.15, -0.1) is 0 Å². The molecule has 0 radical (unpaired) electrons. The van der Waals surface area contributed by atoms with E-state index in [9.17, 15) is 0 Å². The Kier molecular flexibility index (Phi) is 7.29. The van der Waals surface area contributed by atoms with E-state index in [4.69, 9.17) is 14.2 Å². The molecule has 1 rings (SSSR count). The van der Waals surface area contributed by atoms with E-state index in [-0.39, 0.29) is 11.7 Å². The number of hydrogen-bond donors (Lipinski definition) is 1. The second-order valence-corrected chi connectivity index (χ2v) is 5.34. The second kappa shape index (κ2) is 8.20. The van der Waals surface area contributed by atoms with E-state index in [1.54, 1.807) is 0 Å². The fraction of sp³-hybridized carbons (Fsp3) is 1.00. The Balaban J connectivity index is 2.40. The quantitative estimate of drug-likeness (QED) is 0.621. The molecule has 1 aliphatic carbocycles. The molecule has 0 aromatic carbocycles. The summed E-state index contributed by atoms with van der Waals surface area (Å²) in [5.74, 6) is 0. The molecule has 19 heavy (non-hydrogen) atoms. The zero-order valence-corrected chi connectivity index (χ0v) is 13.2. The van der Waals surface area contributed by atoms with Crippen molar-refractivity contribution in [1.82, 2.24) is 5.32 Å². The van der Waals surface area contributed by atoms with Crippen LogP contribution >= 0.6 is 0 Å². The van der Waals surface area contributed by atoms with Gasteiger partial charge in [0.1, 0.15) is 0 Å². The van der Waals surface area contributed by atoms with Gasteiger partial charge >= 0.3 is 0 Å². The molecule has 0 amide bonds. The molecular weight excluding hydrogens is 242 g/mol. The zero-order chi connectivity index (χ0) is 14.3. The van der Waals surface area contributed by atoms with Crippen molar-refractivity contribution < 1.29 is 14.2 Å². The van der Waals surface area contributed by atoms with E-state index in [2.05, 4.69) is 26.1 Å². The lowest BCUT2D eigenvalue weighted by Crippen LogP contribution is -2.63. The highest BCUT2D eigenvalue weighted by Crippen LogP contribution is 2.45. The maximum Gasteiger partial charge on any atom is 0.169 e. The van der Waals surface area contributed by atoms with Crippen LogP contribution in [0.3, 0.4) is 0 Å². The van der Waals surface area contributed by atoms with Crippen molar-refractivity contribution in [3.05, 3.63) is 0 Å². The summed E-state index contributed by atoms with van der Waals surface area (Å²) in [6.45, 7) is 13.5. The third kappa shape index (κ3) is 4.15. The van der Waals surface area contributed by atoms with Crippen molar-refractivity contribution in [2.45, 2.75) is 65.9 Å². The molecular formula is C15H31NO3. The summed E-state index contributed by atoms with van der Waals surface area (Å²) >= 11 is 0. The third-order valence-electron chi connectivity index (χ3n) is 4.35. The summed E-state index contributed by atoms with van der Waals surface area (Å²) in [6.07, 6.45) is 2.46. The highest BCUT2D eigenvalue weighted by Gasteiger charge is 2.50. The molecule has 0 aromatic heterocycles. The average molecular weight is 273 g/mol. The lowest BCUT2D eigenvalue weighted by atomic mass is 9.61. The Morgan fingerprint density at radius 2 is 1.74 bits per heavy atom. The molecule has 1 aliphatic rings. The van der Waals surface area contributed by atoms with Crippen molar-refractivity contribution in [2.24, 2.45) is 5.41 Å². The third-order valence-corrected chi connectivity index (χ3v) is 4.35. The summed E-state index contributed by atoms with van der Waals surface area (Å²) in [5.41, 5.74) is 0.235. The van der Waals surface area contributed by atoms with Crippen LogP contribution in [-0.4, -0.2) is 44.8 Å². The Morgan fingerprint density at radius 1 is 1.11 bits per heavy atom. The van der Waals surface area contributed by atoms with Gasteiger partial charge in [-0.1, -0.05) is 13.8 Å². The van der Waals surface area contributed by atoms with E-state index in [1.165, 1.54) is 0 Å². The molecule has 1 N–H and O–H groups in total. The summed E-state index contributed by atoms with van der Waals surface area (Å²) < 4.78 is 16.9. The first kappa shape index (κ1) is 16.9. The minimum absolute atomic E-state index is 0.137. The predicted molar refractivity (Wildman–Crippen MR) is 77.3 cm³/mol. The molecule has 4 nitrogen and oxygen atoms in total. The summed E-state index contributed by atoms with van der Waals surface area (Å²) in [5, 5.41) is 3.59. The zero-order valence-electron chi connectivity index (χ0n) is 13.2. The first-order chi connectivity index (χ1) is 9.12. The highest BCUT2D eigenvalue weighted by atomic mass is 16.7. The largest absolute Gasteiger partial charge is 0.378 e. The van der Waals surface area contributed by atoms with Gasteiger partial charge in [0.25, 0.3) is 0 Å². The van der Waals surface area contributed by atoms with Crippen LogP contribution in [0.2, 0.25) is 0 Å². The van der Waals surface area contributed by atoms with Gasteiger partial charge in [-0.3, -0.25) is 0 Å². The Bertz CT molecular complexity index is 244. The highest BCUT2D eigenvalue weighted by molar-refractivity contribution is 5.04. The first-order valence-electron chi connectivity index (χ1n) is 7.70. The van der Waals surface area contributed by atoms with Crippen LogP contribution in [0.4, 0.5) is 0 Å². The van der Waals surface area contributed by atoms with Crippen LogP contribution in [0.5, 0.6) is 0 Å². The van der Waals surface area contributed by atoms with E-state index >= 15 is 0 Å². The molecule has 114 valence electrons.